The summed E-state index contributed by atoms with van der Waals surface area (Å²) >= 11 is 0. The number of hydrogen-bond donors (Lipinski definition) is 1. The van der Waals surface area contributed by atoms with Gasteiger partial charge in [-0.15, -0.1) is 24.0 Å². The lowest BCUT2D eigenvalue weighted by Crippen LogP contribution is -2.45. The van der Waals surface area contributed by atoms with Gasteiger partial charge in [0.05, 0.1) is 26.9 Å². The number of nitrogens with two attached hydrogens (primary N) is 1. The normalized spacial score (nSPS) is 20.5. The Morgan fingerprint density at radius 2 is 1.92 bits per heavy atom. The summed E-state index contributed by atoms with van der Waals surface area (Å²) in [4.78, 5) is 6.88. The molecule has 1 heterocycles. The second-order valence-corrected chi connectivity index (χ2v) is 6.46. The van der Waals surface area contributed by atoms with Crippen molar-refractivity contribution >= 4 is 29.9 Å². The summed E-state index contributed by atoms with van der Waals surface area (Å²) in [5.41, 5.74) is 7.56. The highest BCUT2D eigenvalue weighted by Crippen LogP contribution is 2.44. The van der Waals surface area contributed by atoms with Crippen LogP contribution in [0.1, 0.15) is 31.2 Å². The molecule has 2 fully saturated rings. The van der Waals surface area contributed by atoms with Crippen LogP contribution in [-0.4, -0.2) is 50.8 Å². The molecule has 24 heavy (non-hydrogen) atoms. The highest BCUT2D eigenvalue weighted by atomic mass is 127. The van der Waals surface area contributed by atoms with E-state index in [2.05, 4.69) is 17.0 Å². The number of para-hydroxylation sites is 1. The molecule has 1 aromatic carbocycles. The molecule has 5 nitrogen and oxygen atoms in total. The number of rotatable bonds is 4. The average molecular weight is 445 g/mol. The summed E-state index contributed by atoms with van der Waals surface area (Å²) in [6.45, 7) is 3.85. The van der Waals surface area contributed by atoms with Gasteiger partial charge in [0.25, 0.3) is 0 Å². The maximum atomic E-state index is 6.22. The van der Waals surface area contributed by atoms with Crippen molar-refractivity contribution in [2.75, 3.05) is 40.0 Å². The third kappa shape index (κ3) is 4.14. The topological polar surface area (TPSA) is 60.1 Å². The highest BCUT2D eigenvalue weighted by molar-refractivity contribution is 14.0. The van der Waals surface area contributed by atoms with Crippen molar-refractivity contribution < 1.29 is 9.47 Å². The number of methoxy groups -OCH3 is 1. The molecule has 6 heteroatoms. The summed E-state index contributed by atoms with van der Waals surface area (Å²) in [6.07, 6.45) is 4.77. The minimum atomic E-state index is 0. The second-order valence-electron chi connectivity index (χ2n) is 6.46. The number of hydrogen-bond acceptors (Lipinski definition) is 3. The molecule has 3 rings (SSSR count). The van der Waals surface area contributed by atoms with Crippen LogP contribution in [0.15, 0.2) is 29.3 Å². The van der Waals surface area contributed by atoms with Gasteiger partial charge in [0.1, 0.15) is 5.75 Å². The first-order chi connectivity index (χ1) is 11.2. The number of halogens is 1. The van der Waals surface area contributed by atoms with Gasteiger partial charge in [0, 0.05) is 24.1 Å². The number of aliphatic imine (C=N–C) groups is 1. The Bertz CT molecular complexity index is 553. The van der Waals surface area contributed by atoms with Crippen molar-refractivity contribution in [3.05, 3.63) is 29.8 Å². The van der Waals surface area contributed by atoms with Gasteiger partial charge in [-0.3, -0.25) is 4.99 Å². The van der Waals surface area contributed by atoms with Crippen molar-refractivity contribution in [3.8, 4) is 5.75 Å². The Hall–Kier alpha value is -1.02. The first kappa shape index (κ1) is 19.3. The van der Waals surface area contributed by atoms with Crippen LogP contribution in [-0.2, 0) is 10.2 Å². The summed E-state index contributed by atoms with van der Waals surface area (Å²) in [5.74, 6) is 1.61. The molecular weight excluding hydrogens is 417 g/mol. The molecular formula is C18H28IN3O2. The number of ether oxygens (including phenoxy) is 2. The van der Waals surface area contributed by atoms with Gasteiger partial charge in [-0.25, -0.2) is 0 Å². The fourth-order valence-electron chi connectivity index (χ4n) is 3.77. The molecule has 0 amide bonds. The predicted octanol–water partition coefficient (Wildman–Crippen LogP) is 2.77. The average Bonchev–Trinajstić information content (AvgIpc) is 3.10. The van der Waals surface area contributed by atoms with Gasteiger partial charge in [-0.1, -0.05) is 31.0 Å². The van der Waals surface area contributed by atoms with Crippen LogP contribution in [0.5, 0.6) is 5.75 Å². The van der Waals surface area contributed by atoms with Crippen LogP contribution >= 0.6 is 24.0 Å². The second kappa shape index (κ2) is 8.89. The fourth-order valence-corrected chi connectivity index (χ4v) is 3.77. The van der Waals surface area contributed by atoms with Gasteiger partial charge < -0.3 is 20.1 Å². The lowest BCUT2D eigenvalue weighted by atomic mass is 9.78. The van der Waals surface area contributed by atoms with E-state index in [4.69, 9.17) is 20.2 Å². The summed E-state index contributed by atoms with van der Waals surface area (Å²) in [6, 6.07) is 8.35. The van der Waals surface area contributed by atoms with E-state index in [9.17, 15) is 0 Å². The lowest BCUT2D eigenvalue weighted by molar-refractivity contribution is 0.0673. The van der Waals surface area contributed by atoms with Crippen molar-refractivity contribution in [2.45, 2.75) is 31.1 Å². The maximum absolute atomic E-state index is 6.22. The molecule has 2 N–H and O–H groups in total. The van der Waals surface area contributed by atoms with E-state index in [-0.39, 0.29) is 29.4 Å². The quantitative estimate of drug-likeness (QED) is 0.440. The van der Waals surface area contributed by atoms with E-state index in [0.29, 0.717) is 5.96 Å². The fraction of sp³-hybridized carbons (Fsp3) is 0.611. The Morgan fingerprint density at radius 1 is 1.25 bits per heavy atom. The minimum Gasteiger partial charge on any atom is -0.496 e. The molecule has 1 aliphatic carbocycles. The molecule has 1 saturated heterocycles. The Kier molecular flexibility index (Phi) is 7.16. The van der Waals surface area contributed by atoms with E-state index in [1.807, 2.05) is 12.1 Å². The smallest absolute Gasteiger partial charge is 0.191 e. The zero-order valence-corrected chi connectivity index (χ0v) is 16.7. The first-order valence-corrected chi connectivity index (χ1v) is 8.51. The first-order valence-electron chi connectivity index (χ1n) is 8.51. The molecule has 134 valence electrons. The van der Waals surface area contributed by atoms with Crippen molar-refractivity contribution in [1.29, 1.82) is 0 Å². The largest absolute Gasteiger partial charge is 0.496 e. The van der Waals surface area contributed by atoms with Crippen LogP contribution in [0.25, 0.3) is 0 Å². The molecule has 0 spiro atoms. The molecule has 1 aromatic rings. The summed E-state index contributed by atoms with van der Waals surface area (Å²) < 4.78 is 11.0. The van der Waals surface area contributed by atoms with Gasteiger partial charge >= 0.3 is 0 Å². The van der Waals surface area contributed by atoms with Crippen molar-refractivity contribution in [2.24, 2.45) is 10.7 Å². The predicted molar refractivity (Wildman–Crippen MR) is 107 cm³/mol. The van der Waals surface area contributed by atoms with Crippen molar-refractivity contribution in [1.82, 2.24) is 4.90 Å². The van der Waals surface area contributed by atoms with E-state index in [0.717, 1.165) is 51.4 Å². The molecule has 2 aliphatic rings. The van der Waals surface area contributed by atoms with E-state index >= 15 is 0 Å². The Balaban J connectivity index is 0.00000208. The number of morpholine rings is 1. The monoisotopic (exact) mass is 445 g/mol. The van der Waals surface area contributed by atoms with E-state index < -0.39 is 0 Å². The molecule has 1 aliphatic heterocycles. The maximum Gasteiger partial charge on any atom is 0.191 e. The van der Waals surface area contributed by atoms with Gasteiger partial charge in [-0.2, -0.15) is 0 Å². The van der Waals surface area contributed by atoms with Gasteiger partial charge in [0.15, 0.2) is 5.96 Å². The number of nitrogens with zero attached hydrogens (tertiary/aromatic N) is 2. The summed E-state index contributed by atoms with van der Waals surface area (Å²) in [7, 11) is 1.74. The third-order valence-corrected chi connectivity index (χ3v) is 5.12. The number of benzene rings is 1. The molecule has 1 saturated carbocycles. The Labute approximate surface area is 161 Å². The van der Waals surface area contributed by atoms with Crippen LogP contribution in [0.4, 0.5) is 0 Å². The third-order valence-electron chi connectivity index (χ3n) is 5.12. The minimum absolute atomic E-state index is 0. The van der Waals surface area contributed by atoms with Crippen LogP contribution in [0.2, 0.25) is 0 Å². The van der Waals surface area contributed by atoms with Crippen LogP contribution < -0.4 is 10.5 Å². The Morgan fingerprint density at radius 3 is 2.58 bits per heavy atom. The molecule has 0 unspecified atom stereocenters. The van der Waals surface area contributed by atoms with E-state index in [1.54, 1.807) is 7.11 Å². The lowest BCUT2D eigenvalue weighted by Gasteiger charge is -2.31. The zero-order chi connectivity index (χ0) is 16.1. The highest BCUT2D eigenvalue weighted by Gasteiger charge is 2.37. The van der Waals surface area contributed by atoms with Crippen LogP contribution in [0.3, 0.4) is 0 Å². The SMILES string of the molecule is COc1ccccc1C1(CN=C(N)N2CCOCC2)CCCC1.I. The molecule has 0 radical (unpaired) electrons. The van der Waals surface area contributed by atoms with Crippen molar-refractivity contribution in [3.63, 3.8) is 0 Å². The standard InChI is InChI=1S/C18H27N3O2.HI/c1-22-16-7-3-2-6-15(16)18(8-4-5-9-18)14-20-17(19)21-10-12-23-13-11-21;/h2-3,6-7H,4-5,8-14H2,1H3,(H2,19,20);1H. The van der Waals surface area contributed by atoms with Crippen LogP contribution in [0, 0.1) is 0 Å². The molecule has 0 atom stereocenters. The van der Waals surface area contributed by atoms with Gasteiger partial charge in [-0.05, 0) is 18.9 Å². The zero-order valence-electron chi connectivity index (χ0n) is 14.4. The van der Waals surface area contributed by atoms with E-state index in [1.165, 1.54) is 18.4 Å². The summed E-state index contributed by atoms with van der Waals surface area (Å²) in [5, 5.41) is 0. The molecule has 0 bridgehead atoms. The molecule has 0 aromatic heterocycles. The number of guanidine groups is 1. The van der Waals surface area contributed by atoms with Gasteiger partial charge in [0.2, 0.25) is 0 Å².